The van der Waals surface area contributed by atoms with Crippen LogP contribution in [0.1, 0.15) is 39.4 Å². The number of nitrogens with zero attached hydrogens (tertiary/aromatic N) is 2. The normalized spacial score (nSPS) is 11.4. The first-order chi connectivity index (χ1) is 10.0. The van der Waals surface area contributed by atoms with Crippen molar-refractivity contribution in [3.8, 4) is 0 Å². The second-order valence-corrected chi connectivity index (χ2v) is 7.37. The van der Waals surface area contributed by atoms with Gasteiger partial charge in [-0.1, -0.05) is 20.8 Å². The topological polar surface area (TPSA) is 84.0 Å². The zero-order chi connectivity index (χ0) is 15.7. The van der Waals surface area contributed by atoms with Crippen molar-refractivity contribution >= 4 is 21.5 Å². The van der Waals surface area contributed by atoms with Gasteiger partial charge in [-0.15, -0.1) is 0 Å². The molecule has 0 aliphatic rings. The third kappa shape index (κ3) is 6.75. The van der Waals surface area contributed by atoms with Crippen LogP contribution < -0.4 is 10.6 Å². The van der Waals surface area contributed by atoms with Gasteiger partial charge in [0.05, 0.1) is 5.75 Å². The lowest BCUT2D eigenvalue weighted by Gasteiger charge is -2.11. The summed E-state index contributed by atoms with van der Waals surface area (Å²) in [6.07, 6.45) is 2.80. The molecule has 21 heavy (non-hydrogen) atoms. The van der Waals surface area contributed by atoms with E-state index in [0.717, 1.165) is 37.4 Å². The predicted octanol–water partition coefficient (Wildman–Crippen LogP) is 2.10. The third-order valence-corrected chi connectivity index (χ3v) is 4.67. The Hall–Kier alpha value is -1.37. The van der Waals surface area contributed by atoms with Crippen molar-refractivity contribution < 1.29 is 8.42 Å². The maximum absolute atomic E-state index is 11.5. The predicted molar refractivity (Wildman–Crippen MR) is 87.6 cm³/mol. The van der Waals surface area contributed by atoms with E-state index in [1.165, 1.54) is 0 Å². The van der Waals surface area contributed by atoms with Gasteiger partial charge in [0.15, 0.2) is 9.84 Å². The van der Waals surface area contributed by atoms with E-state index in [1.807, 2.05) is 6.07 Å². The van der Waals surface area contributed by atoms with Gasteiger partial charge in [0.1, 0.15) is 17.5 Å². The van der Waals surface area contributed by atoms with Crippen LogP contribution in [-0.2, 0) is 16.3 Å². The van der Waals surface area contributed by atoms with Gasteiger partial charge in [-0.05, 0) is 12.8 Å². The molecule has 0 aliphatic carbocycles. The molecular formula is C14H26N4O2S. The largest absolute Gasteiger partial charge is 0.370 e. The smallest absolute Gasteiger partial charge is 0.151 e. The van der Waals surface area contributed by atoms with Gasteiger partial charge in [-0.25, -0.2) is 18.4 Å². The Bertz CT molecular complexity index is 532. The lowest BCUT2D eigenvalue weighted by Crippen LogP contribution is -2.18. The second kappa shape index (κ2) is 8.81. The molecule has 6 nitrogen and oxygen atoms in total. The minimum Gasteiger partial charge on any atom is -0.370 e. The molecule has 1 heterocycles. The number of aromatic nitrogens is 2. The van der Waals surface area contributed by atoms with Gasteiger partial charge < -0.3 is 10.6 Å². The number of anilines is 2. The van der Waals surface area contributed by atoms with Crippen LogP contribution in [0.25, 0.3) is 0 Å². The van der Waals surface area contributed by atoms with Crippen molar-refractivity contribution in [2.75, 3.05) is 35.2 Å². The van der Waals surface area contributed by atoms with Gasteiger partial charge in [0.2, 0.25) is 0 Å². The number of hydrogen-bond acceptors (Lipinski definition) is 6. The van der Waals surface area contributed by atoms with Crippen LogP contribution in [0.3, 0.4) is 0 Å². The molecule has 0 aromatic carbocycles. The lowest BCUT2D eigenvalue weighted by molar-refractivity contribution is 0.597. The molecule has 1 aromatic heterocycles. The maximum Gasteiger partial charge on any atom is 0.151 e. The molecule has 120 valence electrons. The van der Waals surface area contributed by atoms with E-state index in [2.05, 4.69) is 34.4 Å². The average Bonchev–Trinajstić information content (AvgIpc) is 2.45. The monoisotopic (exact) mass is 314 g/mol. The Labute approximate surface area is 127 Å². The molecule has 1 rings (SSSR count). The summed E-state index contributed by atoms with van der Waals surface area (Å²) >= 11 is 0. The first-order valence-electron chi connectivity index (χ1n) is 7.56. The third-order valence-electron chi connectivity index (χ3n) is 2.96. The zero-order valence-corrected chi connectivity index (χ0v) is 14.0. The maximum atomic E-state index is 11.5. The summed E-state index contributed by atoms with van der Waals surface area (Å²) in [5.74, 6) is 2.53. The Balaban J connectivity index is 2.72. The van der Waals surface area contributed by atoms with Crippen LogP contribution in [-0.4, -0.2) is 43.0 Å². The second-order valence-electron chi connectivity index (χ2n) is 4.89. The summed E-state index contributed by atoms with van der Waals surface area (Å²) in [5.41, 5.74) is 0. The van der Waals surface area contributed by atoms with Gasteiger partial charge in [-0.2, -0.15) is 0 Å². The summed E-state index contributed by atoms with van der Waals surface area (Å²) in [5, 5.41) is 6.32. The van der Waals surface area contributed by atoms with Crippen molar-refractivity contribution in [3.63, 3.8) is 0 Å². The average molecular weight is 314 g/mol. The molecule has 0 unspecified atom stereocenters. The highest BCUT2D eigenvalue weighted by molar-refractivity contribution is 7.91. The molecule has 1 aromatic rings. The molecule has 0 spiro atoms. The molecule has 0 radical (unpaired) electrons. The van der Waals surface area contributed by atoms with Crippen molar-refractivity contribution in [3.05, 3.63) is 11.9 Å². The molecule has 0 saturated carbocycles. The summed E-state index contributed by atoms with van der Waals surface area (Å²) in [6.45, 7) is 7.05. The van der Waals surface area contributed by atoms with Gasteiger partial charge in [0.25, 0.3) is 0 Å². The Morgan fingerprint density at radius 3 is 2.14 bits per heavy atom. The highest BCUT2D eigenvalue weighted by Crippen LogP contribution is 2.12. The van der Waals surface area contributed by atoms with E-state index in [4.69, 9.17) is 0 Å². The van der Waals surface area contributed by atoms with Crippen molar-refractivity contribution in [1.29, 1.82) is 0 Å². The molecule has 0 atom stereocenters. The summed E-state index contributed by atoms with van der Waals surface area (Å²) < 4.78 is 23.0. The molecule has 2 N–H and O–H groups in total. The molecular weight excluding hydrogens is 288 g/mol. The Morgan fingerprint density at radius 2 is 1.62 bits per heavy atom. The van der Waals surface area contributed by atoms with Gasteiger partial charge in [0, 0.05) is 31.3 Å². The molecule has 0 fully saturated rings. The Kier molecular flexibility index (Phi) is 7.42. The van der Waals surface area contributed by atoms with E-state index in [1.54, 1.807) is 6.92 Å². The molecule has 0 saturated heterocycles. The quantitative estimate of drug-likeness (QED) is 0.688. The SMILES string of the molecule is CCCNc1cc(NCCS(=O)(=O)CC)nc(CCC)n1. The van der Waals surface area contributed by atoms with E-state index in [0.29, 0.717) is 12.4 Å². The van der Waals surface area contributed by atoms with Crippen LogP contribution in [0.15, 0.2) is 6.07 Å². The van der Waals surface area contributed by atoms with Crippen LogP contribution in [0, 0.1) is 0 Å². The van der Waals surface area contributed by atoms with E-state index in [9.17, 15) is 8.42 Å². The lowest BCUT2D eigenvalue weighted by atomic mass is 10.3. The van der Waals surface area contributed by atoms with Gasteiger partial charge >= 0.3 is 0 Å². The first kappa shape index (κ1) is 17.7. The van der Waals surface area contributed by atoms with Crippen LogP contribution in [0.5, 0.6) is 0 Å². The van der Waals surface area contributed by atoms with E-state index >= 15 is 0 Å². The van der Waals surface area contributed by atoms with Crippen LogP contribution >= 0.6 is 0 Å². The van der Waals surface area contributed by atoms with Gasteiger partial charge in [-0.3, -0.25) is 0 Å². The fraction of sp³-hybridized carbons (Fsp3) is 0.714. The summed E-state index contributed by atoms with van der Waals surface area (Å²) in [4.78, 5) is 8.87. The standard InChI is InChI=1S/C14H26N4O2S/c1-4-7-12-17-13(15-8-5-2)11-14(18-12)16-9-10-21(19,20)6-3/h11H,4-10H2,1-3H3,(H2,15,16,17,18). The number of sulfone groups is 1. The molecule has 0 amide bonds. The Morgan fingerprint density at radius 1 is 1.00 bits per heavy atom. The summed E-state index contributed by atoms with van der Waals surface area (Å²) in [7, 11) is -2.96. The fourth-order valence-electron chi connectivity index (χ4n) is 1.75. The van der Waals surface area contributed by atoms with Crippen molar-refractivity contribution in [2.24, 2.45) is 0 Å². The van der Waals surface area contributed by atoms with E-state index < -0.39 is 9.84 Å². The molecule has 0 aliphatic heterocycles. The highest BCUT2D eigenvalue weighted by atomic mass is 32.2. The van der Waals surface area contributed by atoms with Crippen molar-refractivity contribution in [1.82, 2.24) is 9.97 Å². The summed E-state index contributed by atoms with van der Waals surface area (Å²) in [6, 6.07) is 1.83. The molecule has 7 heteroatoms. The molecule has 0 bridgehead atoms. The number of rotatable bonds is 10. The minimum absolute atomic E-state index is 0.119. The highest BCUT2D eigenvalue weighted by Gasteiger charge is 2.08. The van der Waals surface area contributed by atoms with Crippen LogP contribution in [0.4, 0.5) is 11.6 Å². The first-order valence-corrected chi connectivity index (χ1v) is 9.39. The number of nitrogens with one attached hydrogen (secondary N) is 2. The number of hydrogen-bond donors (Lipinski definition) is 2. The number of aryl methyl sites for hydroxylation is 1. The van der Waals surface area contributed by atoms with Crippen LogP contribution in [0.2, 0.25) is 0 Å². The fourth-order valence-corrected chi connectivity index (χ4v) is 2.45. The van der Waals surface area contributed by atoms with E-state index in [-0.39, 0.29) is 11.5 Å². The van der Waals surface area contributed by atoms with Crippen molar-refractivity contribution in [2.45, 2.75) is 40.0 Å². The zero-order valence-electron chi connectivity index (χ0n) is 13.1. The minimum atomic E-state index is -2.96.